The maximum atomic E-state index is 14.3. The van der Waals surface area contributed by atoms with Gasteiger partial charge < -0.3 is 5.32 Å². The average molecular weight is 335 g/mol. The van der Waals surface area contributed by atoms with Crippen LogP contribution < -0.4 is 5.32 Å². The Hall–Kier alpha value is -3.20. The normalized spacial score (nSPS) is 23.3. The fourth-order valence-electron chi connectivity index (χ4n) is 3.91. The van der Waals surface area contributed by atoms with Crippen molar-refractivity contribution in [2.45, 2.75) is 18.4 Å². The van der Waals surface area contributed by atoms with Gasteiger partial charge in [0.05, 0.1) is 22.2 Å². The van der Waals surface area contributed by atoms with Crippen molar-refractivity contribution in [1.82, 2.24) is 0 Å². The highest BCUT2D eigenvalue weighted by molar-refractivity contribution is 5.71. The minimum Gasteiger partial charge on any atom is -0.376 e. The lowest BCUT2D eigenvalue weighted by atomic mass is 9.76. The van der Waals surface area contributed by atoms with Gasteiger partial charge in [0.15, 0.2) is 0 Å². The van der Waals surface area contributed by atoms with Crippen LogP contribution in [-0.2, 0) is 0 Å². The molecule has 25 heavy (non-hydrogen) atoms. The molecule has 2 aromatic rings. The Morgan fingerprint density at radius 3 is 2.80 bits per heavy atom. The molecule has 0 unspecified atom stereocenters. The van der Waals surface area contributed by atoms with Crippen LogP contribution in [0.25, 0.3) is 0 Å². The van der Waals surface area contributed by atoms with Crippen LogP contribution >= 0.6 is 0 Å². The molecule has 124 valence electrons. The number of hydrogen-bond donors (Lipinski definition) is 1. The molecule has 0 bridgehead atoms. The lowest BCUT2D eigenvalue weighted by Gasteiger charge is -2.37. The monoisotopic (exact) mass is 335 g/mol. The van der Waals surface area contributed by atoms with Crippen molar-refractivity contribution in [3.8, 4) is 6.07 Å². The summed E-state index contributed by atoms with van der Waals surface area (Å²) in [4.78, 5) is 10.7. The van der Waals surface area contributed by atoms with Crippen LogP contribution in [0, 0.1) is 33.2 Å². The van der Waals surface area contributed by atoms with Gasteiger partial charge in [0.25, 0.3) is 5.69 Å². The van der Waals surface area contributed by atoms with Crippen LogP contribution in [0.5, 0.6) is 0 Å². The van der Waals surface area contributed by atoms with Crippen LogP contribution in [0.3, 0.4) is 0 Å². The van der Waals surface area contributed by atoms with E-state index in [4.69, 9.17) is 0 Å². The molecule has 0 aromatic heterocycles. The molecular weight excluding hydrogens is 321 g/mol. The molecule has 1 heterocycles. The number of nitro benzene ring substituents is 1. The maximum absolute atomic E-state index is 14.3. The fourth-order valence-corrected chi connectivity index (χ4v) is 3.91. The molecule has 1 aliphatic heterocycles. The minimum absolute atomic E-state index is 0.0537. The predicted octanol–water partition coefficient (Wildman–Crippen LogP) is 4.43. The molecule has 2 aliphatic rings. The van der Waals surface area contributed by atoms with Gasteiger partial charge in [-0.05, 0) is 24.0 Å². The Morgan fingerprint density at radius 2 is 2.08 bits per heavy atom. The highest BCUT2D eigenvalue weighted by Crippen LogP contribution is 2.51. The standard InChI is InChI=1S/C19H14FN3O2/c20-17-7-2-1-4-15(17)19-14-6-3-5-13(14)16-9-12(23(24)25)8-11(10-21)18(16)22-19/h1-5,7-9,13-14,19,22H,6H2/t13-,14+,19-/m1/s1. The summed E-state index contributed by atoms with van der Waals surface area (Å²) in [6.07, 6.45) is 4.77. The molecule has 5 nitrogen and oxygen atoms in total. The second-order valence-corrected chi connectivity index (χ2v) is 6.32. The van der Waals surface area contributed by atoms with E-state index < -0.39 is 4.92 Å². The van der Waals surface area contributed by atoms with Crippen LogP contribution in [0.4, 0.5) is 15.8 Å². The molecule has 0 spiro atoms. The number of benzene rings is 2. The summed E-state index contributed by atoms with van der Waals surface area (Å²) in [5.74, 6) is -0.319. The van der Waals surface area contributed by atoms with Crippen molar-refractivity contribution < 1.29 is 9.31 Å². The number of hydrogen-bond acceptors (Lipinski definition) is 4. The third-order valence-corrected chi connectivity index (χ3v) is 5.03. The summed E-state index contributed by atoms with van der Waals surface area (Å²) >= 11 is 0. The highest BCUT2D eigenvalue weighted by atomic mass is 19.1. The Bertz CT molecular complexity index is 948. The van der Waals surface area contributed by atoms with E-state index in [1.807, 2.05) is 18.2 Å². The van der Waals surface area contributed by atoms with Crippen LogP contribution in [-0.4, -0.2) is 4.92 Å². The number of nitrogens with zero attached hydrogens (tertiary/aromatic N) is 2. The second kappa shape index (κ2) is 5.71. The van der Waals surface area contributed by atoms with Gasteiger partial charge in [0, 0.05) is 23.6 Å². The summed E-state index contributed by atoms with van der Waals surface area (Å²) in [5, 5.41) is 23.9. The molecule has 3 atom stereocenters. The SMILES string of the molecule is N#Cc1cc([N+](=O)[O-])cc2c1N[C@@H](c1ccccc1F)[C@H]1CC=C[C@@H]21. The van der Waals surface area contributed by atoms with E-state index in [9.17, 15) is 19.8 Å². The highest BCUT2D eigenvalue weighted by Gasteiger charge is 2.40. The van der Waals surface area contributed by atoms with Gasteiger partial charge in [-0.15, -0.1) is 0 Å². The summed E-state index contributed by atoms with van der Waals surface area (Å²) in [6, 6.07) is 11.1. The number of fused-ring (bicyclic) bond motifs is 3. The zero-order valence-electron chi connectivity index (χ0n) is 13.1. The lowest BCUT2D eigenvalue weighted by molar-refractivity contribution is -0.384. The van der Waals surface area contributed by atoms with Crippen molar-refractivity contribution in [2.75, 3.05) is 5.32 Å². The largest absolute Gasteiger partial charge is 0.376 e. The number of nitro groups is 1. The molecule has 6 heteroatoms. The first-order valence-electron chi connectivity index (χ1n) is 8.00. The van der Waals surface area contributed by atoms with Gasteiger partial charge in [-0.3, -0.25) is 10.1 Å². The zero-order valence-corrected chi connectivity index (χ0v) is 13.1. The van der Waals surface area contributed by atoms with E-state index in [-0.39, 0.29) is 34.9 Å². The minimum atomic E-state index is -0.488. The molecule has 0 radical (unpaired) electrons. The lowest BCUT2D eigenvalue weighted by Crippen LogP contribution is -2.30. The molecule has 1 N–H and O–H groups in total. The van der Waals surface area contributed by atoms with E-state index in [1.165, 1.54) is 18.2 Å². The number of rotatable bonds is 2. The molecular formula is C19H14FN3O2. The van der Waals surface area contributed by atoms with Gasteiger partial charge in [-0.2, -0.15) is 5.26 Å². The van der Waals surface area contributed by atoms with Gasteiger partial charge in [-0.25, -0.2) is 4.39 Å². The third-order valence-electron chi connectivity index (χ3n) is 5.03. The molecule has 2 aromatic carbocycles. The molecule has 0 amide bonds. The quantitative estimate of drug-likeness (QED) is 0.500. The van der Waals surface area contributed by atoms with Crippen molar-refractivity contribution in [3.63, 3.8) is 0 Å². The first-order valence-corrected chi connectivity index (χ1v) is 8.00. The van der Waals surface area contributed by atoms with Crippen LogP contribution in [0.1, 0.15) is 35.1 Å². The first kappa shape index (κ1) is 15.3. The second-order valence-electron chi connectivity index (χ2n) is 6.32. The zero-order chi connectivity index (χ0) is 17.6. The van der Waals surface area contributed by atoms with Gasteiger partial charge >= 0.3 is 0 Å². The van der Waals surface area contributed by atoms with E-state index in [1.54, 1.807) is 18.2 Å². The number of allylic oxidation sites excluding steroid dienone is 2. The summed E-state index contributed by atoms with van der Waals surface area (Å²) in [6.45, 7) is 0. The fraction of sp³-hybridized carbons (Fsp3) is 0.211. The first-order chi connectivity index (χ1) is 12.1. The number of nitriles is 1. The number of non-ortho nitro benzene ring substituents is 1. The Balaban J connectivity index is 1.89. The van der Waals surface area contributed by atoms with E-state index in [0.717, 1.165) is 12.0 Å². The van der Waals surface area contributed by atoms with E-state index in [2.05, 4.69) is 5.32 Å². The number of halogens is 1. The van der Waals surface area contributed by atoms with Crippen molar-refractivity contribution in [2.24, 2.45) is 5.92 Å². The summed E-state index contributed by atoms with van der Waals surface area (Å²) < 4.78 is 14.3. The van der Waals surface area contributed by atoms with Crippen molar-refractivity contribution in [1.29, 1.82) is 5.26 Å². The molecule has 4 rings (SSSR count). The summed E-state index contributed by atoms with van der Waals surface area (Å²) in [5.41, 5.74) is 1.96. The number of nitrogens with one attached hydrogen (secondary N) is 1. The maximum Gasteiger partial charge on any atom is 0.271 e. The van der Waals surface area contributed by atoms with Gasteiger partial charge in [0.2, 0.25) is 0 Å². The smallest absolute Gasteiger partial charge is 0.271 e. The molecule has 0 saturated heterocycles. The van der Waals surface area contributed by atoms with Crippen molar-refractivity contribution >= 4 is 11.4 Å². The molecule has 0 saturated carbocycles. The molecule has 1 aliphatic carbocycles. The van der Waals surface area contributed by atoms with Crippen molar-refractivity contribution in [3.05, 3.63) is 81.2 Å². The van der Waals surface area contributed by atoms with Gasteiger partial charge in [-0.1, -0.05) is 30.4 Å². The Labute approximate surface area is 143 Å². The average Bonchev–Trinajstić information content (AvgIpc) is 3.10. The third kappa shape index (κ3) is 2.36. The predicted molar refractivity (Wildman–Crippen MR) is 90.6 cm³/mol. The number of anilines is 1. The molecule has 0 fully saturated rings. The van der Waals surface area contributed by atoms with E-state index in [0.29, 0.717) is 11.3 Å². The van der Waals surface area contributed by atoms with E-state index >= 15 is 0 Å². The Kier molecular flexibility index (Phi) is 3.50. The topological polar surface area (TPSA) is 79.0 Å². The Morgan fingerprint density at radius 1 is 1.28 bits per heavy atom. The van der Waals surface area contributed by atoms with Crippen LogP contribution in [0.2, 0.25) is 0 Å². The van der Waals surface area contributed by atoms with Crippen LogP contribution in [0.15, 0.2) is 48.6 Å². The van der Waals surface area contributed by atoms with Gasteiger partial charge in [0.1, 0.15) is 11.9 Å². The summed E-state index contributed by atoms with van der Waals surface area (Å²) in [7, 11) is 0.